The normalized spacial score (nSPS) is 17.7. The van der Waals surface area contributed by atoms with Gasteiger partial charge >= 0.3 is 5.97 Å². The predicted molar refractivity (Wildman–Crippen MR) is 96.0 cm³/mol. The fourth-order valence-electron chi connectivity index (χ4n) is 3.33. The number of pyridine rings is 2. The van der Waals surface area contributed by atoms with E-state index in [0.29, 0.717) is 11.4 Å². The summed E-state index contributed by atoms with van der Waals surface area (Å²) in [5.41, 5.74) is 0.887. The van der Waals surface area contributed by atoms with Crippen LogP contribution in [0, 0.1) is 5.92 Å². The SMILES string of the molecule is O=C(O)c1ccc2c(c1)nc(NCC1CCCOC1)c1ccncc12. The van der Waals surface area contributed by atoms with E-state index in [-0.39, 0.29) is 5.56 Å². The number of anilines is 1. The highest BCUT2D eigenvalue weighted by atomic mass is 16.5. The van der Waals surface area contributed by atoms with Crippen LogP contribution in [0.2, 0.25) is 0 Å². The molecule has 0 aliphatic carbocycles. The van der Waals surface area contributed by atoms with E-state index in [1.54, 1.807) is 30.6 Å². The van der Waals surface area contributed by atoms with Crippen molar-refractivity contribution in [1.29, 1.82) is 0 Å². The Kier molecular flexibility index (Phi) is 4.19. The summed E-state index contributed by atoms with van der Waals surface area (Å²) in [6, 6.07) is 6.95. The van der Waals surface area contributed by atoms with Gasteiger partial charge in [-0.3, -0.25) is 4.98 Å². The summed E-state index contributed by atoms with van der Waals surface area (Å²) in [6.07, 6.45) is 5.78. The van der Waals surface area contributed by atoms with E-state index in [0.717, 1.165) is 54.6 Å². The Morgan fingerprint density at radius 1 is 1.28 bits per heavy atom. The molecule has 1 aliphatic rings. The zero-order valence-electron chi connectivity index (χ0n) is 13.7. The second-order valence-electron chi connectivity index (χ2n) is 6.38. The largest absolute Gasteiger partial charge is 0.478 e. The van der Waals surface area contributed by atoms with Gasteiger partial charge in [0.05, 0.1) is 17.7 Å². The van der Waals surface area contributed by atoms with Crippen molar-refractivity contribution in [3.05, 3.63) is 42.2 Å². The van der Waals surface area contributed by atoms with Crippen molar-refractivity contribution in [1.82, 2.24) is 9.97 Å². The monoisotopic (exact) mass is 337 g/mol. The highest BCUT2D eigenvalue weighted by Gasteiger charge is 2.16. The van der Waals surface area contributed by atoms with Gasteiger partial charge in [0.1, 0.15) is 5.82 Å². The van der Waals surface area contributed by atoms with Crippen LogP contribution in [0.5, 0.6) is 0 Å². The second-order valence-corrected chi connectivity index (χ2v) is 6.38. The van der Waals surface area contributed by atoms with E-state index < -0.39 is 5.97 Å². The van der Waals surface area contributed by atoms with Crippen molar-refractivity contribution in [3.63, 3.8) is 0 Å². The molecule has 0 radical (unpaired) electrons. The molecule has 1 aliphatic heterocycles. The third kappa shape index (κ3) is 3.13. The van der Waals surface area contributed by atoms with Crippen LogP contribution >= 0.6 is 0 Å². The molecule has 1 saturated heterocycles. The Hall–Kier alpha value is -2.73. The van der Waals surface area contributed by atoms with Crippen LogP contribution in [0.3, 0.4) is 0 Å². The Morgan fingerprint density at radius 3 is 3.00 bits per heavy atom. The molecule has 128 valence electrons. The van der Waals surface area contributed by atoms with E-state index in [1.807, 2.05) is 6.07 Å². The third-order valence-corrected chi connectivity index (χ3v) is 4.66. The number of nitrogens with zero attached hydrogens (tertiary/aromatic N) is 2. The number of aromatic nitrogens is 2. The lowest BCUT2D eigenvalue weighted by molar-refractivity contribution is 0.0595. The van der Waals surface area contributed by atoms with Crippen molar-refractivity contribution in [3.8, 4) is 0 Å². The first-order valence-electron chi connectivity index (χ1n) is 8.45. The van der Waals surface area contributed by atoms with Crippen LogP contribution in [-0.2, 0) is 4.74 Å². The molecule has 1 aromatic carbocycles. The summed E-state index contributed by atoms with van der Waals surface area (Å²) in [4.78, 5) is 20.2. The molecule has 0 bridgehead atoms. The van der Waals surface area contributed by atoms with Gasteiger partial charge in [-0.05, 0) is 37.0 Å². The van der Waals surface area contributed by atoms with Gasteiger partial charge in [-0.2, -0.15) is 0 Å². The van der Waals surface area contributed by atoms with Gasteiger partial charge in [-0.1, -0.05) is 6.07 Å². The van der Waals surface area contributed by atoms with Gasteiger partial charge in [0, 0.05) is 41.7 Å². The number of carboxylic acid groups (broad SMARTS) is 1. The predicted octanol–water partition coefficient (Wildman–Crippen LogP) is 3.32. The fraction of sp³-hybridized carbons (Fsp3) is 0.316. The molecule has 1 unspecified atom stereocenters. The van der Waals surface area contributed by atoms with Gasteiger partial charge < -0.3 is 15.2 Å². The molecule has 3 heterocycles. The van der Waals surface area contributed by atoms with Crippen molar-refractivity contribution in [2.45, 2.75) is 12.8 Å². The molecule has 2 aromatic heterocycles. The minimum Gasteiger partial charge on any atom is -0.478 e. The minimum atomic E-state index is -0.955. The van der Waals surface area contributed by atoms with Crippen LogP contribution < -0.4 is 5.32 Å². The van der Waals surface area contributed by atoms with E-state index in [1.165, 1.54) is 0 Å². The zero-order valence-corrected chi connectivity index (χ0v) is 13.7. The van der Waals surface area contributed by atoms with E-state index >= 15 is 0 Å². The van der Waals surface area contributed by atoms with Crippen molar-refractivity contribution in [2.24, 2.45) is 5.92 Å². The van der Waals surface area contributed by atoms with Crippen LogP contribution in [0.25, 0.3) is 21.7 Å². The van der Waals surface area contributed by atoms with E-state index in [4.69, 9.17) is 4.74 Å². The van der Waals surface area contributed by atoms with E-state index in [2.05, 4.69) is 15.3 Å². The Bertz CT molecular complexity index is 936. The number of aromatic carboxylic acids is 1. The number of carboxylic acids is 1. The van der Waals surface area contributed by atoms with Crippen LogP contribution in [-0.4, -0.2) is 40.8 Å². The number of hydrogen-bond acceptors (Lipinski definition) is 5. The number of nitrogens with one attached hydrogen (secondary N) is 1. The zero-order chi connectivity index (χ0) is 17.2. The Balaban J connectivity index is 1.76. The van der Waals surface area contributed by atoms with Gasteiger partial charge in [-0.15, -0.1) is 0 Å². The molecule has 25 heavy (non-hydrogen) atoms. The molecule has 0 amide bonds. The molecule has 0 saturated carbocycles. The Labute approximate surface area is 144 Å². The molecule has 3 aromatic rings. The number of rotatable bonds is 4. The maximum atomic E-state index is 11.3. The first kappa shape index (κ1) is 15.8. The van der Waals surface area contributed by atoms with Crippen molar-refractivity contribution >= 4 is 33.5 Å². The van der Waals surface area contributed by atoms with Crippen LogP contribution in [0.15, 0.2) is 36.7 Å². The molecule has 6 heteroatoms. The molecule has 1 atom stereocenters. The highest BCUT2D eigenvalue weighted by molar-refractivity contribution is 6.10. The lowest BCUT2D eigenvalue weighted by atomic mass is 10.0. The summed E-state index contributed by atoms with van der Waals surface area (Å²) in [6.45, 7) is 2.40. The average Bonchev–Trinajstić information content (AvgIpc) is 2.66. The summed E-state index contributed by atoms with van der Waals surface area (Å²) < 4.78 is 5.53. The lowest BCUT2D eigenvalue weighted by Gasteiger charge is -2.23. The fourth-order valence-corrected chi connectivity index (χ4v) is 3.33. The van der Waals surface area contributed by atoms with Gasteiger partial charge in [-0.25, -0.2) is 9.78 Å². The maximum absolute atomic E-state index is 11.3. The third-order valence-electron chi connectivity index (χ3n) is 4.66. The minimum absolute atomic E-state index is 0.231. The molecular weight excluding hydrogens is 318 g/mol. The first-order chi connectivity index (χ1) is 12.2. The topological polar surface area (TPSA) is 84.3 Å². The number of fused-ring (bicyclic) bond motifs is 3. The maximum Gasteiger partial charge on any atom is 0.335 e. The number of hydrogen-bond donors (Lipinski definition) is 2. The number of benzene rings is 1. The van der Waals surface area contributed by atoms with E-state index in [9.17, 15) is 9.90 Å². The molecule has 0 spiro atoms. The molecule has 1 fully saturated rings. The lowest BCUT2D eigenvalue weighted by Crippen LogP contribution is -2.24. The smallest absolute Gasteiger partial charge is 0.335 e. The van der Waals surface area contributed by atoms with Crippen molar-refractivity contribution in [2.75, 3.05) is 25.1 Å². The summed E-state index contributed by atoms with van der Waals surface area (Å²) in [5, 5.41) is 15.5. The molecule has 6 nitrogen and oxygen atoms in total. The summed E-state index contributed by atoms with van der Waals surface area (Å²) in [5.74, 6) is 0.273. The molecule has 4 rings (SSSR count). The van der Waals surface area contributed by atoms with Gasteiger partial charge in [0.2, 0.25) is 0 Å². The summed E-state index contributed by atoms with van der Waals surface area (Å²) in [7, 11) is 0. The molecule has 2 N–H and O–H groups in total. The van der Waals surface area contributed by atoms with Gasteiger partial charge in [0.15, 0.2) is 0 Å². The van der Waals surface area contributed by atoms with Gasteiger partial charge in [0.25, 0.3) is 0 Å². The highest BCUT2D eigenvalue weighted by Crippen LogP contribution is 2.29. The van der Waals surface area contributed by atoms with Crippen LogP contribution in [0.1, 0.15) is 23.2 Å². The second kappa shape index (κ2) is 6.64. The summed E-state index contributed by atoms with van der Waals surface area (Å²) >= 11 is 0. The molecular formula is C19H19N3O3. The Morgan fingerprint density at radius 2 is 2.20 bits per heavy atom. The van der Waals surface area contributed by atoms with Crippen molar-refractivity contribution < 1.29 is 14.6 Å². The first-order valence-corrected chi connectivity index (χ1v) is 8.45. The number of carbonyl (C=O) groups is 1. The number of ether oxygens (including phenoxy) is 1. The quantitative estimate of drug-likeness (QED) is 0.711. The standard InChI is InChI=1S/C19H19N3O3/c23-19(24)13-3-4-14-16-10-20-6-5-15(16)18(22-17(14)8-13)21-9-12-2-1-7-25-11-12/h3-6,8,10,12H,1-2,7,9,11H2,(H,21,22)(H,23,24). The van der Waals surface area contributed by atoms with Crippen LogP contribution in [0.4, 0.5) is 5.82 Å². The average molecular weight is 337 g/mol.